The molecule has 32 heavy (non-hydrogen) atoms. The van der Waals surface area contributed by atoms with Crippen molar-refractivity contribution < 1.29 is 14.3 Å². The van der Waals surface area contributed by atoms with E-state index in [9.17, 15) is 9.59 Å². The lowest BCUT2D eigenvalue weighted by atomic mass is 9.81. The Labute approximate surface area is 203 Å². The van der Waals surface area contributed by atoms with Gasteiger partial charge in [-0.2, -0.15) is 0 Å². The first kappa shape index (κ1) is 25.1. The van der Waals surface area contributed by atoms with Crippen molar-refractivity contribution in [3.8, 4) is 0 Å². The van der Waals surface area contributed by atoms with Crippen LogP contribution in [0.15, 0.2) is 29.2 Å². The van der Waals surface area contributed by atoms with Crippen LogP contribution in [0.4, 0.5) is 5.00 Å². The molecule has 0 fully saturated rings. The molecule has 2 aromatic rings. The van der Waals surface area contributed by atoms with E-state index in [0.29, 0.717) is 35.0 Å². The van der Waals surface area contributed by atoms with Crippen molar-refractivity contribution >= 4 is 51.6 Å². The minimum absolute atomic E-state index is 0.0872. The molecule has 5 nitrogen and oxygen atoms in total. The molecular weight excluding hydrogens is 464 g/mol. The zero-order chi connectivity index (χ0) is 23.5. The van der Waals surface area contributed by atoms with Crippen molar-refractivity contribution in [1.82, 2.24) is 5.32 Å². The molecule has 2 N–H and O–H groups in total. The van der Waals surface area contributed by atoms with Gasteiger partial charge in [0.15, 0.2) is 0 Å². The van der Waals surface area contributed by atoms with Gasteiger partial charge in [0.2, 0.25) is 5.91 Å². The fourth-order valence-corrected chi connectivity index (χ4v) is 6.44. The van der Waals surface area contributed by atoms with Crippen molar-refractivity contribution in [3.63, 3.8) is 0 Å². The summed E-state index contributed by atoms with van der Waals surface area (Å²) >= 11 is 9.09. The maximum absolute atomic E-state index is 12.8. The van der Waals surface area contributed by atoms with E-state index in [-0.39, 0.29) is 23.0 Å². The Morgan fingerprint density at radius 1 is 1.22 bits per heavy atom. The highest BCUT2D eigenvalue weighted by molar-refractivity contribution is 7.99. The van der Waals surface area contributed by atoms with Crippen LogP contribution in [0.3, 0.4) is 0 Å². The molecule has 3 rings (SSSR count). The SMILES string of the molecule is CCOC(=O)c1c(NC(=O)CCCSc2ccc(Cl)cc2)sc2c1CC(C)(C)NC2(C)C. The van der Waals surface area contributed by atoms with Gasteiger partial charge in [0, 0.05) is 32.3 Å². The molecule has 0 unspecified atom stereocenters. The molecule has 0 atom stereocenters. The summed E-state index contributed by atoms with van der Waals surface area (Å²) < 4.78 is 5.35. The minimum Gasteiger partial charge on any atom is -0.462 e. The standard InChI is InChI=1S/C24H31ClN2O3S2/c1-6-30-22(29)19-17-14-23(2,3)27-24(4,5)20(17)32-21(19)26-18(28)8-7-13-31-16-11-9-15(25)10-12-16/h9-12,27H,6-8,13-14H2,1-5H3,(H,26,28). The van der Waals surface area contributed by atoms with Gasteiger partial charge in [-0.15, -0.1) is 23.1 Å². The first-order chi connectivity index (χ1) is 15.0. The predicted octanol–water partition coefficient (Wildman–Crippen LogP) is 6.25. The zero-order valence-corrected chi connectivity index (χ0v) is 21.7. The van der Waals surface area contributed by atoms with Gasteiger partial charge in [-0.25, -0.2) is 4.79 Å². The quantitative estimate of drug-likeness (QED) is 0.258. The lowest BCUT2D eigenvalue weighted by molar-refractivity contribution is -0.116. The van der Waals surface area contributed by atoms with E-state index >= 15 is 0 Å². The van der Waals surface area contributed by atoms with E-state index < -0.39 is 0 Å². The highest BCUT2D eigenvalue weighted by Gasteiger charge is 2.42. The number of fused-ring (bicyclic) bond motifs is 1. The molecule has 1 aromatic heterocycles. The summed E-state index contributed by atoms with van der Waals surface area (Å²) in [6.07, 6.45) is 1.82. The maximum Gasteiger partial charge on any atom is 0.341 e. The number of nitrogens with one attached hydrogen (secondary N) is 2. The Hall–Kier alpha value is -1.54. The van der Waals surface area contributed by atoms with Gasteiger partial charge in [-0.05, 0) is 83.0 Å². The van der Waals surface area contributed by atoms with Crippen molar-refractivity contribution in [1.29, 1.82) is 0 Å². The lowest BCUT2D eigenvalue weighted by Gasteiger charge is -2.42. The van der Waals surface area contributed by atoms with Gasteiger partial charge < -0.3 is 15.4 Å². The van der Waals surface area contributed by atoms with Crippen LogP contribution >= 0.6 is 34.7 Å². The molecule has 1 aromatic carbocycles. The number of hydrogen-bond donors (Lipinski definition) is 2. The number of thiophene rings is 1. The normalized spacial score (nSPS) is 16.3. The van der Waals surface area contributed by atoms with Crippen LogP contribution in [0.5, 0.6) is 0 Å². The Bertz CT molecular complexity index is 984. The van der Waals surface area contributed by atoms with Crippen molar-refractivity contribution in [3.05, 3.63) is 45.3 Å². The highest BCUT2D eigenvalue weighted by Crippen LogP contribution is 2.45. The van der Waals surface area contributed by atoms with E-state index in [4.69, 9.17) is 16.3 Å². The molecule has 0 spiro atoms. The second-order valence-corrected chi connectivity index (χ2v) is 11.7. The number of thioether (sulfide) groups is 1. The third-order valence-corrected chi connectivity index (χ3v) is 8.03. The first-order valence-electron chi connectivity index (χ1n) is 10.8. The summed E-state index contributed by atoms with van der Waals surface area (Å²) in [4.78, 5) is 27.8. The van der Waals surface area contributed by atoms with Gasteiger partial charge in [0.1, 0.15) is 5.00 Å². The summed E-state index contributed by atoms with van der Waals surface area (Å²) in [5.41, 5.74) is 1.02. The Morgan fingerprint density at radius 3 is 2.56 bits per heavy atom. The van der Waals surface area contributed by atoms with E-state index in [1.807, 2.05) is 24.3 Å². The third-order valence-electron chi connectivity index (χ3n) is 5.21. The van der Waals surface area contributed by atoms with Gasteiger partial charge >= 0.3 is 5.97 Å². The average molecular weight is 495 g/mol. The van der Waals surface area contributed by atoms with Crippen LogP contribution in [0, 0.1) is 0 Å². The Balaban J connectivity index is 1.71. The van der Waals surface area contributed by atoms with Crippen LogP contribution in [-0.4, -0.2) is 29.8 Å². The molecule has 0 radical (unpaired) electrons. The number of benzene rings is 1. The largest absolute Gasteiger partial charge is 0.462 e. The average Bonchev–Trinajstić information content (AvgIpc) is 3.03. The Kier molecular flexibility index (Phi) is 7.97. The predicted molar refractivity (Wildman–Crippen MR) is 134 cm³/mol. The lowest BCUT2D eigenvalue weighted by Crippen LogP contribution is -2.55. The first-order valence-corrected chi connectivity index (χ1v) is 13.0. The summed E-state index contributed by atoms with van der Waals surface area (Å²) in [6.45, 7) is 10.6. The minimum atomic E-state index is -0.368. The molecule has 0 bridgehead atoms. The summed E-state index contributed by atoms with van der Waals surface area (Å²) in [7, 11) is 0. The summed E-state index contributed by atoms with van der Waals surface area (Å²) in [5, 5.41) is 7.96. The maximum atomic E-state index is 12.8. The number of ether oxygens (including phenoxy) is 1. The molecule has 0 saturated carbocycles. The Morgan fingerprint density at radius 2 is 1.91 bits per heavy atom. The van der Waals surface area contributed by atoms with Crippen LogP contribution in [0.1, 0.15) is 68.3 Å². The van der Waals surface area contributed by atoms with E-state index in [0.717, 1.165) is 27.5 Å². The van der Waals surface area contributed by atoms with Gasteiger partial charge in [-0.3, -0.25) is 4.79 Å². The number of amides is 1. The number of anilines is 1. The second kappa shape index (κ2) is 10.2. The molecule has 8 heteroatoms. The number of esters is 1. The van der Waals surface area contributed by atoms with Gasteiger partial charge in [0.05, 0.1) is 12.2 Å². The fraction of sp³-hybridized carbons (Fsp3) is 0.500. The second-order valence-electron chi connectivity index (χ2n) is 9.10. The molecule has 1 aliphatic heterocycles. The molecule has 1 aliphatic rings. The van der Waals surface area contributed by atoms with Crippen molar-refractivity contribution in [2.75, 3.05) is 17.7 Å². The summed E-state index contributed by atoms with van der Waals surface area (Å²) in [6, 6.07) is 7.69. The fourth-order valence-electron chi connectivity index (χ4n) is 4.18. The molecule has 174 valence electrons. The number of halogens is 1. The van der Waals surface area contributed by atoms with E-state index in [1.54, 1.807) is 18.7 Å². The van der Waals surface area contributed by atoms with Crippen molar-refractivity contribution in [2.45, 2.75) is 69.9 Å². The molecule has 0 saturated heterocycles. The zero-order valence-electron chi connectivity index (χ0n) is 19.3. The third kappa shape index (κ3) is 6.07. The molecule has 0 aliphatic carbocycles. The molecule has 1 amide bonds. The number of carbonyl (C=O) groups is 2. The van der Waals surface area contributed by atoms with E-state index in [1.165, 1.54) is 11.3 Å². The van der Waals surface area contributed by atoms with Crippen LogP contribution in [0.2, 0.25) is 5.02 Å². The van der Waals surface area contributed by atoms with Gasteiger partial charge in [-0.1, -0.05) is 11.6 Å². The number of hydrogen-bond acceptors (Lipinski definition) is 6. The smallest absolute Gasteiger partial charge is 0.341 e. The monoisotopic (exact) mass is 494 g/mol. The highest BCUT2D eigenvalue weighted by atomic mass is 35.5. The number of rotatable bonds is 8. The summed E-state index contributed by atoms with van der Waals surface area (Å²) in [5.74, 6) is 0.370. The number of carbonyl (C=O) groups excluding carboxylic acids is 2. The van der Waals surface area contributed by atoms with Gasteiger partial charge in [0.25, 0.3) is 0 Å². The van der Waals surface area contributed by atoms with E-state index in [2.05, 4.69) is 38.3 Å². The molecule has 2 heterocycles. The van der Waals surface area contributed by atoms with Crippen LogP contribution in [0.25, 0.3) is 0 Å². The molecular formula is C24H31ClN2O3S2. The van der Waals surface area contributed by atoms with Crippen LogP contribution < -0.4 is 10.6 Å². The van der Waals surface area contributed by atoms with Crippen LogP contribution in [-0.2, 0) is 21.5 Å². The van der Waals surface area contributed by atoms with Crippen molar-refractivity contribution in [2.24, 2.45) is 0 Å². The topological polar surface area (TPSA) is 67.4 Å².